The molecule has 0 saturated carbocycles. The molecule has 0 saturated heterocycles. The third kappa shape index (κ3) is 3.49. The van der Waals surface area contributed by atoms with Crippen molar-refractivity contribution in [1.29, 1.82) is 0 Å². The summed E-state index contributed by atoms with van der Waals surface area (Å²) in [6.45, 7) is 1.84. The monoisotopic (exact) mass is 325 g/mol. The van der Waals surface area contributed by atoms with Crippen molar-refractivity contribution in [2.45, 2.75) is 18.4 Å². The fourth-order valence-corrected chi connectivity index (χ4v) is 3.25. The second-order valence-corrected chi connectivity index (χ2v) is 7.14. The lowest BCUT2D eigenvalue weighted by Gasteiger charge is -2.13. The maximum absolute atomic E-state index is 12.1. The molecule has 0 heterocycles. The maximum Gasteiger partial charge on any atom is 0.180 e. The number of hydrogen-bond acceptors (Lipinski definition) is 4. The summed E-state index contributed by atoms with van der Waals surface area (Å²) in [6, 6.07) is 11.6. The van der Waals surface area contributed by atoms with E-state index in [0.29, 0.717) is 16.3 Å². The molecule has 0 fully saturated rings. The largest absolute Gasteiger partial charge is 0.508 e. The number of phenols is 1. The molecule has 0 aromatic heterocycles. The van der Waals surface area contributed by atoms with E-state index in [1.807, 2.05) is 0 Å². The van der Waals surface area contributed by atoms with Gasteiger partial charge in [-0.25, -0.2) is 8.42 Å². The lowest BCUT2D eigenvalue weighted by Crippen LogP contribution is -2.09. The van der Waals surface area contributed by atoms with Crippen molar-refractivity contribution in [2.24, 2.45) is 0 Å². The van der Waals surface area contributed by atoms with Gasteiger partial charge in [0, 0.05) is 17.1 Å². The second-order valence-electron chi connectivity index (χ2n) is 4.49. The first-order valence-electron chi connectivity index (χ1n) is 6.47. The molecule has 0 amide bonds. The van der Waals surface area contributed by atoms with Crippen molar-refractivity contribution in [1.82, 2.24) is 0 Å². The number of nitrogens with one attached hydrogen (secondary N) is 1. The van der Waals surface area contributed by atoms with Gasteiger partial charge in [0.15, 0.2) is 9.84 Å². The molecule has 2 aromatic carbocycles. The van der Waals surface area contributed by atoms with Crippen LogP contribution in [0.4, 0.5) is 5.69 Å². The van der Waals surface area contributed by atoms with E-state index in [4.69, 9.17) is 11.6 Å². The normalized spacial score (nSPS) is 11.3. The number of anilines is 1. The van der Waals surface area contributed by atoms with E-state index in [1.165, 1.54) is 6.07 Å². The Labute approximate surface area is 129 Å². The van der Waals surface area contributed by atoms with E-state index >= 15 is 0 Å². The zero-order chi connectivity index (χ0) is 15.5. The number of para-hydroxylation sites is 1. The first kappa shape index (κ1) is 15.7. The number of phenolic OH excluding ortho intramolecular Hbond substituents is 1. The average Bonchev–Trinajstić information content (AvgIpc) is 2.47. The zero-order valence-corrected chi connectivity index (χ0v) is 13.1. The van der Waals surface area contributed by atoms with Crippen molar-refractivity contribution in [3.63, 3.8) is 0 Å². The highest BCUT2D eigenvalue weighted by molar-refractivity contribution is 7.91. The lowest BCUT2D eigenvalue weighted by molar-refractivity contribution is 0.469. The molecule has 2 rings (SSSR count). The molecule has 0 aliphatic rings. The van der Waals surface area contributed by atoms with Gasteiger partial charge in [0.2, 0.25) is 0 Å². The van der Waals surface area contributed by atoms with Crippen molar-refractivity contribution in [3.8, 4) is 5.75 Å². The van der Waals surface area contributed by atoms with Crippen LogP contribution in [-0.4, -0.2) is 19.3 Å². The fourth-order valence-electron chi connectivity index (χ4n) is 1.95. The van der Waals surface area contributed by atoms with Gasteiger partial charge in [0.1, 0.15) is 5.75 Å². The molecule has 0 radical (unpaired) electrons. The molecule has 4 nitrogen and oxygen atoms in total. The Kier molecular flexibility index (Phi) is 4.75. The van der Waals surface area contributed by atoms with Crippen LogP contribution in [0.3, 0.4) is 0 Å². The topological polar surface area (TPSA) is 66.4 Å². The number of aromatic hydroxyl groups is 1. The summed E-state index contributed by atoms with van der Waals surface area (Å²) >= 11 is 6.03. The van der Waals surface area contributed by atoms with Gasteiger partial charge >= 0.3 is 0 Å². The van der Waals surface area contributed by atoms with Gasteiger partial charge in [-0.3, -0.25) is 0 Å². The van der Waals surface area contributed by atoms with Gasteiger partial charge in [0.05, 0.1) is 16.3 Å². The Morgan fingerprint density at radius 3 is 2.52 bits per heavy atom. The molecule has 0 unspecified atom stereocenters. The zero-order valence-electron chi connectivity index (χ0n) is 11.5. The van der Waals surface area contributed by atoms with Crippen LogP contribution in [0.1, 0.15) is 12.5 Å². The van der Waals surface area contributed by atoms with Crippen LogP contribution in [0.5, 0.6) is 5.75 Å². The van der Waals surface area contributed by atoms with Gasteiger partial charge in [-0.1, -0.05) is 36.7 Å². The van der Waals surface area contributed by atoms with Crippen molar-refractivity contribution in [3.05, 3.63) is 53.1 Å². The molecular weight excluding hydrogens is 310 g/mol. The average molecular weight is 326 g/mol. The lowest BCUT2D eigenvalue weighted by atomic mass is 10.2. The van der Waals surface area contributed by atoms with Crippen molar-refractivity contribution < 1.29 is 13.5 Å². The molecule has 6 heteroatoms. The Morgan fingerprint density at radius 1 is 1.14 bits per heavy atom. The molecule has 0 spiro atoms. The van der Waals surface area contributed by atoms with E-state index in [9.17, 15) is 13.5 Å². The van der Waals surface area contributed by atoms with Gasteiger partial charge in [-0.2, -0.15) is 0 Å². The SMILES string of the molecule is CCS(=O)(=O)c1ccccc1NCc1c(O)cccc1Cl. The van der Waals surface area contributed by atoms with Crippen LogP contribution in [0, 0.1) is 0 Å². The predicted molar refractivity (Wildman–Crippen MR) is 84.6 cm³/mol. The van der Waals surface area contributed by atoms with Gasteiger partial charge in [-0.15, -0.1) is 0 Å². The Balaban J connectivity index is 2.30. The molecule has 0 aliphatic carbocycles. The van der Waals surface area contributed by atoms with Crippen LogP contribution < -0.4 is 5.32 Å². The summed E-state index contributed by atoms with van der Waals surface area (Å²) in [4.78, 5) is 0.249. The molecular formula is C15H16ClNO3S. The third-order valence-electron chi connectivity index (χ3n) is 3.15. The van der Waals surface area contributed by atoms with E-state index in [2.05, 4.69) is 5.32 Å². The molecule has 0 aliphatic heterocycles. The van der Waals surface area contributed by atoms with Gasteiger partial charge in [-0.05, 0) is 24.3 Å². The van der Waals surface area contributed by atoms with Crippen LogP contribution in [0.25, 0.3) is 0 Å². The first-order chi connectivity index (χ1) is 9.95. The van der Waals surface area contributed by atoms with E-state index in [0.717, 1.165) is 0 Å². The highest BCUT2D eigenvalue weighted by atomic mass is 35.5. The van der Waals surface area contributed by atoms with Crippen LogP contribution in [0.2, 0.25) is 5.02 Å². The van der Waals surface area contributed by atoms with E-state index < -0.39 is 9.84 Å². The minimum Gasteiger partial charge on any atom is -0.508 e. The van der Waals surface area contributed by atoms with E-state index in [1.54, 1.807) is 43.3 Å². The fraction of sp³-hybridized carbons (Fsp3) is 0.200. The maximum atomic E-state index is 12.1. The Morgan fingerprint density at radius 2 is 1.86 bits per heavy atom. The van der Waals surface area contributed by atoms with Crippen LogP contribution >= 0.6 is 11.6 Å². The molecule has 0 atom stereocenters. The molecule has 2 aromatic rings. The predicted octanol–water partition coefficient (Wildman–Crippen LogP) is 3.45. The van der Waals surface area contributed by atoms with E-state index in [-0.39, 0.29) is 22.9 Å². The molecule has 21 heavy (non-hydrogen) atoms. The minimum absolute atomic E-state index is 0.0308. The number of hydrogen-bond donors (Lipinski definition) is 2. The third-order valence-corrected chi connectivity index (χ3v) is 5.29. The molecule has 112 valence electrons. The number of halogens is 1. The first-order valence-corrected chi connectivity index (χ1v) is 8.50. The summed E-state index contributed by atoms with van der Waals surface area (Å²) in [5.74, 6) is 0.106. The highest BCUT2D eigenvalue weighted by Gasteiger charge is 2.16. The highest BCUT2D eigenvalue weighted by Crippen LogP contribution is 2.28. The Hall–Kier alpha value is -1.72. The summed E-state index contributed by atoms with van der Waals surface area (Å²) in [6.07, 6.45) is 0. The van der Waals surface area contributed by atoms with Crippen molar-refractivity contribution >= 4 is 27.1 Å². The molecule has 2 N–H and O–H groups in total. The quantitative estimate of drug-likeness (QED) is 0.883. The van der Waals surface area contributed by atoms with Gasteiger partial charge < -0.3 is 10.4 Å². The smallest absolute Gasteiger partial charge is 0.180 e. The van der Waals surface area contributed by atoms with Crippen molar-refractivity contribution in [2.75, 3.05) is 11.1 Å². The minimum atomic E-state index is -3.31. The number of benzene rings is 2. The summed E-state index contributed by atoms with van der Waals surface area (Å²) < 4.78 is 24.1. The summed E-state index contributed by atoms with van der Waals surface area (Å²) in [5, 5.41) is 13.3. The van der Waals surface area contributed by atoms with Crippen LogP contribution in [0.15, 0.2) is 47.4 Å². The second kappa shape index (κ2) is 6.37. The number of sulfone groups is 1. The van der Waals surface area contributed by atoms with Crippen LogP contribution in [-0.2, 0) is 16.4 Å². The number of rotatable bonds is 5. The van der Waals surface area contributed by atoms with Gasteiger partial charge in [0.25, 0.3) is 0 Å². The Bertz CT molecular complexity index is 724. The summed E-state index contributed by atoms with van der Waals surface area (Å²) in [7, 11) is -3.31. The summed E-state index contributed by atoms with van der Waals surface area (Å²) in [5.41, 5.74) is 1.03. The standard InChI is InChI=1S/C15H16ClNO3S/c1-2-21(19,20)15-9-4-3-7-13(15)17-10-11-12(16)6-5-8-14(11)18/h3-9,17-18H,2,10H2,1H3. The molecule has 0 bridgehead atoms.